The highest BCUT2D eigenvalue weighted by Crippen LogP contribution is 2.42. The minimum Gasteiger partial charge on any atom is -0.598 e. The molecule has 0 aliphatic heterocycles. The number of H-pyrrole nitrogens is 1. The number of aromatic nitrogens is 5. The zero-order valence-electron chi connectivity index (χ0n) is 18.5. The molecule has 1 saturated carbocycles. The Labute approximate surface area is 193 Å². The second kappa shape index (κ2) is 10.2. The van der Waals surface area contributed by atoms with Gasteiger partial charge in [-0.25, -0.2) is 4.98 Å². The van der Waals surface area contributed by atoms with Crippen molar-refractivity contribution in [3.63, 3.8) is 0 Å². The first kappa shape index (κ1) is 24.2. The minimum absolute atomic E-state index is 0.0248. The Morgan fingerprint density at radius 2 is 2.15 bits per heavy atom. The molecule has 5 atom stereocenters. The predicted octanol–water partition coefficient (Wildman–Crippen LogP) is 3.44. The van der Waals surface area contributed by atoms with Gasteiger partial charge >= 0.3 is 6.18 Å². The number of nitrogens with one attached hydrogen (secondary N) is 2. The van der Waals surface area contributed by atoms with Crippen molar-refractivity contribution in [2.45, 2.75) is 63.6 Å². The van der Waals surface area contributed by atoms with Crippen molar-refractivity contribution >= 4 is 28.2 Å². The number of aromatic amines is 1. The third-order valence-electron chi connectivity index (χ3n) is 6.69. The summed E-state index contributed by atoms with van der Waals surface area (Å²) < 4.78 is 57.4. The van der Waals surface area contributed by atoms with E-state index in [9.17, 15) is 17.7 Å². The highest BCUT2D eigenvalue weighted by Gasteiger charge is 2.41. The molecule has 1 unspecified atom stereocenters. The number of hydrogen-bond acceptors (Lipinski definition) is 6. The molecule has 0 aromatic carbocycles. The smallest absolute Gasteiger partial charge is 0.392 e. The second-order valence-electron chi connectivity index (χ2n) is 8.79. The molecule has 12 heteroatoms. The van der Waals surface area contributed by atoms with Crippen LogP contribution >= 0.6 is 0 Å². The summed E-state index contributed by atoms with van der Waals surface area (Å²) in [4.78, 5) is 7.45. The summed E-state index contributed by atoms with van der Waals surface area (Å²) in [5, 5.41) is 8.74. The summed E-state index contributed by atoms with van der Waals surface area (Å²) >= 11 is -1.53. The van der Waals surface area contributed by atoms with Crippen LogP contribution in [-0.4, -0.2) is 53.6 Å². The first-order valence-corrected chi connectivity index (χ1v) is 12.7. The molecule has 4 N–H and O–H groups in total. The largest absolute Gasteiger partial charge is 0.598 e. The van der Waals surface area contributed by atoms with Gasteiger partial charge in [-0.15, -0.1) is 14.9 Å². The van der Waals surface area contributed by atoms with E-state index in [2.05, 4.69) is 31.8 Å². The molecule has 3 heterocycles. The zero-order chi connectivity index (χ0) is 23.6. The van der Waals surface area contributed by atoms with E-state index >= 15 is 0 Å². The molecule has 1 aliphatic rings. The van der Waals surface area contributed by atoms with Crippen molar-refractivity contribution in [1.29, 1.82) is 0 Å². The van der Waals surface area contributed by atoms with Crippen LogP contribution in [0.3, 0.4) is 0 Å². The maximum Gasteiger partial charge on any atom is 0.392 e. The number of halogens is 3. The molecule has 3 aromatic heterocycles. The Morgan fingerprint density at radius 1 is 1.33 bits per heavy atom. The summed E-state index contributed by atoms with van der Waals surface area (Å²) in [5.74, 6) is -0.242. The van der Waals surface area contributed by atoms with Gasteiger partial charge in [0.05, 0.1) is 23.7 Å². The molecule has 0 bridgehead atoms. The van der Waals surface area contributed by atoms with Crippen LogP contribution in [0.5, 0.6) is 0 Å². The van der Waals surface area contributed by atoms with Crippen LogP contribution in [0, 0.1) is 11.8 Å². The molecule has 4 rings (SSSR count). The maximum absolute atomic E-state index is 13.2. The highest BCUT2D eigenvalue weighted by molar-refractivity contribution is 7.89. The predicted molar refractivity (Wildman–Crippen MR) is 121 cm³/mol. The molecule has 0 radical (unpaired) electrons. The van der Waals surface area contributed by atoms with Crippen molar-refractivity contribution in [2.75, 3.05) is 12.3 Å². The van der Waals surface area contributed by atoms with E-state index in [1.54, 1.807) is 6.20 Å². The van der Waals surface area contributed by atoms with Crippen LogP contribution in [0.1, 0.15) is 57.2 Å². The Balaban J connectivity index is 1.42. The van der Waals surface area contributed by atoms with Crippen molar-refractivity contribution < 1.29 is 17.7 Å². The highest BCUT2D eigenvalue weighted by atomic mass is 32.2. The molecule has 8 nitrogen and oxygen atoms in total. The first-order valence-electron chi connectivity index (χ1n) is 11.4. The number of alkyl halides is 3. The number of hydrogen-bond donors (Lipinski definition) is 3. The molecule has 0 amide bonds. The molecule has 0 spiro atoms. The van der Waals surface area contributed by atoms with Crippen LogP contribution in [0.4, 0.5) is 13.2 Å². The lowest BCUT2D eigenvalue weighted by atomic mass is 9.93. The van der Waals surface area contributed by atoms with Crippen molar-refractivity contribution in [2.24, 2.45) is 17.6 Å². The van der Waals surface area contributed by atoms with Gasteiger partial charge in [-0.1, -0.05) is 13.3 Å². The SMILES string of the molecule is CC[C@@H]1C[C@H](N[S+]([O-])CC[C@@H](CCCN)C(F)(F)F)C[C@@H]1c1nnc2cnc3[nH]ccc3n12. The van der Waals surface area contributed by atoms with E-state index in [0.717, 1.165) is 29.8 Å². The van der Waals surface area contributed by atoms with E-state index in [0.29, 0.717) is 24.4 Å². The average molecular weight is 486 g/mol. The van der Waals surface area contributed by atoms with Crippen molar-refractivity contribution in [3.8, 4) is 0 Å². The molecule has 33 heavy (non-hydrogen) atoms. The zero-order valence-corrected chi connectivity index (χ0v) is 19.3. The molecule has 3 aromatic rings. The first-order chi connectivity index (χ1) is 15.8. The van der Waals surface area contributed by atoms with Gasteiger partial charge in [-0.05, 0) is 44.2 Å². The standard InChI is InChI=1S/C21H30F3N7OS/c1-2-13-10-15(30-33(32)9-6-14(4-3-7-25)21(22,23)24)11-16(13)20-29-28-18-12-27-19-17(31(18)20)5-8-26-19/h5,8,12-16,26,30H,2-4,6-7,9-11,25H2,1H3/t13-,14-,15+,16+,33?/m1/s1. The Kier molecular flexibility index (Phi) is 7.46. The Bertz CT molecular complexity index is 1060. The molecule has 182 valence electrons. The minimum atomic E-state index is -4.29. The fourth-order valence-corrected chi connectivity index (χ4v) is 6.14. The summed E-state index contributed by atoms with van der Waals surface area (Å²) in [6, 6.07) is 1.88. The van der Waals surface area contributed by atoms with Crippen molar-refractivity contribution in [1.82, 2.24) is 29.3 Å². The van der Waals surface area contributed by atoms with Crippen molar-refractivity contribution in [3.05, 3.63) is 24.3 Å². The number of rotatable bonds is 10. The van der Waals surface area contributed by atoms with Gasteiger partial charge in [0.15, 0.2) is 11.3 Å². The summed E-state index contributed by atoms with van der Waals surface area (Å²) in [6.07, 6.45) is 1.74. The lowest BCUT2D eigenvalue weighted by Gasteiger charge is -2.22. The van der Waals surface area contributed by atoms with Crippen LogP contribution in [-0.2, 0) is 11.4 Å². The van der Waals surface area contributed by atoms with Gasteiger partial charge < -0.3 is 15.3 Å². The van der Waals surface area contributed by atoms with E-state index in [4.69, 9.17) is 5.73 Å². The van der Waals surface area contributed by atoms with Crippen LogP contribution in [0.2, 0.25) is 0 Å². The molecular formula is C21H30F3N7OS. The van der Waals surface area contributed by atoms with Gasteiger partial charge in [0.25, 0.3) is 0 Å². The van der Waals surface area contributed by atoms with Gasteiger partial charge in [0, 0.05) is 29.9 Å². The molecular weight excluding hydrogens is 455 g/mol. The topological polar surface area (TPSA) is 120 Å². The Morgan fingerprint density at radius 3 is 2.88 bits per heavy atom. The van der Waals surface area contributed by atoms with Gasteiger partial charge in [-0.3, -0.25) is 4.40 Å². The van der Waals surface area contributed by atoms with E-state index in [1.807, 2.05) is 16.7 Å². The maximum atomic E-state index is 13.2. The molecule has 1 aliphatic carbocycles. The van der Waals surface area contributed by atoms with Gasteiger partial charge in [-0.2, -0.15) is 13.2 Å². The van der Waals surface area contributed by atoms with E-state index in [-0.39, 0.29) is 37.1 Å². The fourth-order valence-electron chi connectivity index (χ4n) is 4.96. The average Bonchev–Trinajstić information content (AvgIpc) is 3.49. The fraction of sp³-hybridized carbons (Fsp3) is 0.667. The van der Waals surface area contributed by atoms with E-state index < -0.39 is 23.5 Å². The summed E-state index contributed by atoms with van der Waals surface area (Å²) in [6.45, 7) is 2.33. The Hall–Kier alpha value is -1.89. The quantitative estimate of drug-likeness (QED) is 0.379. The van der Waals surface area contributed by atoms with Crippen LogP contribution < -0.4 is 10.5 Å². The lowest BCUT2D eigenvalue weighted by molar-refractivity contribution is -0.176. The van der Waals surface area contributed by atoms with Gasteiger partial charge in [0.2, 0.25) is 0 Å². The number of nitrogens with zero attached hydrogens (tertiary/aromatic N) is 4. The van der Waals surface area contributed by atoms with Crippen LogP contribution in [0.25, 0.3) is 16.8 Å². The molecule has 0 saturated heterocycles. The second-order valence-corrected chi connectivity index (χ2v) is 10.1. The van der Waals surface area contributed by atoms with Gasteiger partial charge in [0.1, 0.15) is 11.6 Å². The van der Waals surface area contributed by atoms with Crippen LogP contribution in [0.15, 0.2) is 18.5 Å². The number of fused-ring (bicyclic) bond motifs is 3. The molecule has 1 fully saturated rings. The summed E-state index contributed by atoms with van der Waals surface area (Å²) in [5.41, 5.74) is 7.69. The normalized spacial score (nSPS) is 23.5. The van der Waals surface area contributed by atoms with E-state index in [1.165, 1.54) is 0 Å². The third-order valence-corrected chi connectivity index (χ3v) is 7.89. The number of nitrogens with two attached hydrogens (primary N) is 1. The monoisotopic (exact) mass is 485 g/mol. The lowest BCUT2D eigenvalue weighted by Crippen LogP contribution is -2.36. The summed E-state index contributed by atoms with van der Waals surface area (Å²) in [7, 11) is 0. The third kappa shape index (κ3) is 5.28.